The van der Waals surface area contributed by atoms with Crippen LogP contribution in [0.4, 0.5) is 0 Å². The molecule has 1 aliphatic heterocycles. The third-order valence-corrected chi connectivity index (χ3v) is 4.18. The minimum Gasteiger partial charge on any atom is -0.490 e. The Bertz CT molecular complexity index is 669. The molecule has 1 N–H and O–H groups in total. The SMILES string of the molecule is CN=C(NCCOc1cccnc1)N1CCC(c2cnn(C)c2)C1. The molecule has 2 aromatic heterocycles. The van der Waals surface area contributed by atoms with Crippen LogP contribution in [0.1, 0.15) is 17.9 Å². The third-order valence-electron chi connectivity index (χ3n) is 4.18. The van der Waals surface area contributed by atoms with E-state index in [1.165, 1.54) is 5.56 Å². The summed E-state index contributed by atoms with van der Waals surface area (Å²) >= 11 is 0. The predicted octanol–water partition coefficient (Wildman–Crippen LogP) is 1.26. The molecule has 7 nitrogen and oxygen atoms in total. The van der Waals surface area contributed by atoms with Crippen molar-refractivity contribution in [3.63, 3.8) is 0 Å². The summed E-state index contributed by atoms with van der Waals surface area (Å²) in [5, 5.41) is 7.64. The molecule has 1 atom stereocenters. The van der Waals surface area contributed by atoms with Crippen LogP contribution in [0.15, 0.2) is 41.9 Å². The monoisotopic (exact) mass is 328 g/mol. The van der Waals surface area contributed by atoms with Gasteiger partial charge in [-0.2, -0.15) is 5.10 Å². The Hall–Kier alpha value is -2.57. The second-order valence-corrected chi connectivity index (χ2v) is 5.89. The number of aromatic nitrogens is 3. The van der Waals surface area contributed by atoms with Crippen LogP contribution in [0.3, 0.4) is 0 Å². The van der Waals surface area contributed by atoms with E-state index in [4.69, 9.17) is 4.74 Å². The highest BCUT2D eigenvalue weighted by Crippen LogP contribution is 2.26. The van der Waals surface area contributed by atoms with Crippen molar-refractivity contribution in [1.82, 2.24) is 25.0 Å². The summed E-state index contributed by atoms with van der Waals surface area (Å²) in [5.41, 5.74) is 1.30. The van der Waals surface area contributed by atoms with Gasteiger partial charge in [-0.25, -0.2) is 0 Å². The zero-order chi connectivity index (χ0) is 16.8. The minimum absolute atomic E-state index is 0.517. The zero-order valence-corrected chi connectivity index (χ0v) is 14.2. The first-order valence-corrected chi connectivity index (χ1v) is 8.23. The molecule has 1 aliphatic rings. The number of nitrogens with zero attached hydrogens (tertiary/aromatic N) is 5. The van der Waals surface area contributed by atoms with E-state index in [1.54, 1.807) is 12.4 Å². The van der Waals surface area contributed by atoms with E-state index in [0.29, 0.717) is 19.1 Å². The fourth-order valence-electron chi connectivity index (χ4n) is 2.97. The van der Waals surface area contributed by atoms with Crippen molar-refractivity contribution in [2.24, 2.45) is 12.0 Å². The fourth-order valence-corrected chi connectivity index (χ4v) is 2.97. The molecule has 7 heteroatoms. The minimum atomic E-state index is 0.517. The summed E-state index contributed by atoms with van der Waals surface area (Å²) in [7, 11) is 3.78. The van der Waals surface area contributed by atoms with Crippen molar-refractivity contribution in [3.8, 4) is 5.75 Å². The second-order valence-electron chi connectivity index (χ2n) is 5.89. The molecule has 0 aliphatic carbocycles. The summed E-state index contributed by atoms with van der Waals surface area (Å²) in [5.74, 6) is 2.23. The first-order valence-electron chi connectivity index (χ1n) is 8.23. The van der Waals surface area contributed by atoms with E-state index in [0.717, 1.165) is 31.2 Å². The first-order chi connectivity index (χ1) is 11.8. The maximum atomic E-state index is 5.65. The highest BCUT2D eigenvalue weighted by Gasteiger charge is 2.26. The van der Waals surface area contributed by atoms with Gasteiger partial charge in [-0.3, -0.25) is 14.7 Å². The molecule has 0 spiro atoms. The molecule has 0 aromatic carbocycles. The van der Waals surface area contributed by atoms with E-state index in [2.05, 4.69) is 31.5 Å². The molecule has 3 heterocycles. The van der Waals surface area contributed by atoms with Crippen molar-refractivity contribution in [2.45, 2.75) is 12.3 Å². The molecule has 1 fully saturated rings. The number of rotatable bonds is 5. The maximum absolute atomic E-state index is 5.65. The lowest BCUT2D eigenvalue weighted by Crippen LogP contribution is -2.41. The smallest absolute Gasteiger partial charge is 0.193 e. The zero-order valence-electron chi connectivity index (χ0n) is 14.2. The van der Waals surface area contributed by atoms with Crippen LogP contribution >= 0.6 is 0 Å². The Morgan fingerprint density at radius 3 is 3.08 bits per heavy atom. The van der Waals surface area contributed by atoms with Crippen LogP contribution in [-0.2, 0) is 7.05 Å². The molecule has 1 saturated heterocycles. The average molecular weight is 328 g/mol. The number of likely N-dealkylation sites (tertiary alicyclic amines) is 1. The number of hydrogen-bond donors (Lipinski definition) is 1. The number of ether oxygens (including phenoxy) is 1. The Kier molecular flexibility index (Phi) is 5.30. The van der Waals surface area contributed by atoms with Crippen LogP contribution in [0.2, 0.25) is 0 Å². The number of nitrogens with one attached hydrogen (secondary N) is 1. The van der Waals surface area contributed by atoms with Gasteiger partial charge in [0.2, 0.25) is 0 Å². The van der Waals surface area contributed by atoms with Gasteiger partial charge in [0, 0.05) is 45.5 Å². The van der Waals surface area contributed by atoms with Gasteiger partial charge in [0.1, 0.15) is 12.4 Å². The molecule has 1 unspecified atom stereocenters. The maximum Gasteiger partial charge on any atom is 0.193 e. The summed E-state index contributed by atoms with van der Waals surface area (Å²) in [6.45, 7) is 3.25. The number of hydrogen-bond acceptors (Lipinski definition) is 4. The Labute approximate surface area is 142 Å². The first kappa shape index (κ1) is 16.3. The molecule has 0 saturated carbocycles. The molecular formula is C17H24N6O. The molecule has 3 rings (SSSR count). The van der Waals surface area contributed by atoms with E-state index in [9.17, 15) is 0 Å². The molecule has 128 valence electrons. The molecule has 0 radical (unpaired) electrons. The van der Waals surface area contributed by atoms with E-state index < -0.39 is 0 Å². The average Bonchev–Trinajstić information content (AvgIpc) is 3.25. The molecule has 24 heavy (non-hydrogen) atoms. The van der Waals surface area contributed by atoms with Crippen LogP contribution in [0.5, 0.6) is 5.75 Å². The van der Waals surface area contributed by atoms with E-state index in [-0.39, 0.29) is 0 Å². The number of guanidine groups is 1. The van der Waals surface area contributed by atoms with Gasteiger partial charge in [-0.1, -0.05) is 0 Å². The Balaban J connectivity index is 1.45. The summed E-state index contributed by atoms with van der Waals surface area (Å²) in [6, 6.07) is 3.77. The normalized spacial score (nSPS) is 18.0. The molecule has 2 aromatic rings. The number of aliphatic imine (C=N–C) groups is 1. The van der Waals surface area contributed by atoms with Gasteiger partial charge in [-0.15, -0.1) is 0 Å². The highest BCUT2D eigenvalue weighted by molar-refractivity contribution is 5.80. The topological polar surface area (TPSA) is 67.6 Å². The van der Waals surface area contributed by atoms with Crippen LogP contribution in [0, 0.1) is 0 Å². The van der Waals surface area contributed by atoms with Gasteiger partial charge < -0.3 is 15.0 Å². The highest BCUT2D eigenvalue weighted by atomic mass is 16.5. The summed E-state index contributed by atoms with van der Waals surface area (Å²) in [6.07, 6.45) is 8.64. The predicted molar refractivity (Wildman–Crippen MR) is 93.2 cm³/mol. The fraction of sp³-hybridized carbons (Fsp3) is 0.471. The molecule has 0 amide bonds. The van der Waals surface area contributed by atoms with Crippen molar-refractivity contribution in [1.29, 1.82) is 0 Å². The second kappa shape index (κ2) is 7.81. The lowest BCUT2D eigenvalue weighted by atomic mass is 10.0. The van der Waals surface area contributed by atoms with Crippen LogP contribution in [-0.4, -0.2) is 58.9 Å². The van der Waals surface area contributed by atoms with E-state index >= 15 is 0 Å². The number of pyridine rings is 1. The van der Waals surface area contributed by atoms with E-state index in [1.807, 2.05) is 37.1 Å². The summed E-state index contributed by atoms with van der Waals surface area (Å²) < 4.78 is 7.51. The van der Waals surface area contributed by atoms with Crippen molar-refractivity contribution >= 4 is 5.96 Å². The van der Waals surface area contributed by atoms with Gasteiger partial charge in [-0.05, 0) is 24.1 Å². The lowest BCUT2D eigenvalue weighted by Gasteiger charge is -2.21. The van der Waals surface area contributed by atoms with Gasteiger partial charge in [0.15, 0.2) is 5.96 Å². The third kappa shape index (κ3) is 4.04. The lowest BCUT2D eigenvalue weighted by molar-refractivity contribution is 0.318. The number of aryl methyl sites for hydroxylation is 1. The Morgan fingerprint density at radius 2 is 2.38 bits per heavy atom. The quantitative estimate of drug-likeness (QED) is 0.508. The van der Waals surface area contributed by atoms with Gasteiger partial charge in [0.05, 0.1) is 18.9 Å². The van der Waals surface area contributed by atoms with Gasteiger partial charge >= 0.3 is 0 Å². The summed E-state index contributed by atoms with van der Waals surface area (Å²) in [4.78, 5) is 10.7. The standard InChI is InChI=1S/C17H24N6O/c1-18-17(20-7-9-24-16-4-3-6-19-11-16)23-8-5-14(13-23)15-10-21-22(2)12-15/h3-4,6,10-12,14H,5,7-9,13H2,1-2H3,(H,18,20). The van der Waals surface area contributed by atoms with Crippen LogP contribution in [0.25, 0.3) is 0 Å². The van der Waals surface area contributed by atoms with Crippen LogP contribution < -0.4 is 10.1 Å². The molecular weight excluding hydrogens is 304 g/mol. The largest absolute Gasteiger partial charge is 0.490 e. The van der Waals surface area contributed by atoms with Crippen molar-refractivity contribution < 1.29 is 4.74 Å². The van der Waals surface area contributed by atoms with Crippen molar-refractivity contribution in [3.05, 3.63) is 42.5 Å². The van der Waals surface area contributed by atoms with Crippen molar-refractivity contribution in [2.75, 3.05) is 33.3 Å². The van der Waals surface area contributed by atoms with Gasteiger partial charge in [0.25, 0.3) is 0 Å². The Morgan fingerprint density at radius 1 is 1.46 bits per heavy atom. The molecule has 0 bridgehead atoms.